The zero-order chi connectivity index (χ0) is 42.3. The second-order valence-electron chi connectivity index (χ2n) is 17.3. The predicted octanol–water partition coefficient (Wildman–Crippen LogP) is 16.9. The van der Waals surface area contributed by atoms with E-state index in [1.807, 2.05) is 30.3 Å². The molecule has 5 nitrogen and oxygen atoms in total. The van der Waals surface area contributed by atoms with Crippen LogP contribution in [0.1, 0.15) is 0 Å². The molecule has 302 valence electrons. The third kappa shape index (κ3) is 4.98. The van der Waals surface area contributed by atoms with Gasteiger partial charge in [0.25, 0.3) is 0 Å². The standard InChI is InChI=1S/C60H34N2O3/c1-2-10-39(11-3-1)61-51-25-20-37(28-44(51)46-31-49-42-13-5-8-16-56(42)64-59(49)33-53(46)61)38-21-26-52-45(29-38)47-32-50-43-14-6-9-17-57(43)65-60(50)34-54(47)62(52)40-23-18-35(19-24-40)36-22-27-58-48(30-36)41-12-4-7-15-55(41)63-58/h1-34H. The molecule has 0 fully saturated rings. The van der Waals surface area contributed by atoms with Gasteiger partial charge in [0, 0.05) is 77.4 Å². The quantitative estimate of drug-likeness (QED) is 0.177. The van der Waals surface area contributed by atoms with Crippen LogP contribution < -0.4 is 0 Å². The summed E-state index contributed by atoms with van der Waals surface area (Å²) in [5.41, 5.74) is 16.7. The second kappa shape index (κ2) is 12.9. The Kier molecular flexibility index (Phi) is 6.89. The van der Waals surface area contributed by atoms with Gasteiger partial charge in [-0.1, -0.05) is 103 Å². The molecule has 15 rings (SSSR count). The van der Waals surface area contributed by atoms with Gasteiger partial charge in [-0.15, -0.1) is 0 Å². The van der Waals surface area contributed by atoms with Crippen molar-refractivity contribution in [1.29, 1.82) is 0 Å². The van der Waals surface area contributed by atoms with Crippen LogP contribution in [0.15, 0.2) is 220 Å². The molecule has 0 aliphatic heterocycles. The van der Waals surface area contributed by atoms with Crippen LogP contribution in [0.3, 0.4) is 0 Å². The molecular weight excluding hydrogens is 797 g/mol. The number of rotatable bonds is 4. The van der Waals surface area contributed by atoms with E-state index < -0.39 is 0 Å². The van der Waals surface area contributed by atoms with Crippen molar-refractivity contribution in [3.8, 4) is 33.6 Å². The Labute approximate surface area is 370 Å². The first kappa shape index (κ1) is 34.7. The summed E-state index contributed by atoms with van der Waals surface area (Å²) >= 11 is 0. The number of benzene rings is 10. The maximum Gasteiger partial charge on any atom is 0.137 e. The van der Waals surface area contributed by atoms with Crippen LogP contribution in [-0.4, -0.2) is 9.13 Å². The maximum absolute atomic E-state index is 6.50. The highest BCUT2D eigenvalue weighted by Crippen LogP contribution is 2.43. The van der Waals surface area contributed by atoms with Gasteiger partial charge in [0.05, 0.1) is 22.1 Å². The van der Waals surface area contributed by atoms with Gasteiger partial charge in [-0.05, 0) is 113 Å². The van der Waals surface area contributed by atoms with Crippen LogP contribution in [0.5, 0.6) is 0 Å². The molecule has 65 heavy (non-hydrogen) atoms. The molecule has 15 aromatic rings. The number of aromatic nitrogens is 2. The van der Waals surface area contributed by atoms with Crippen LogP contribution in [0.4, 0.5) is 0 Å². The first-order valence-corrected chi connectivity index (χ1v) is 22.1. The summed E-state index contributed by atoms with van der Waals surface area (Å²) in [5, 5.41) is 11.5. The monoisotopic (exact) mass is 830 g/mol. The van der Waals surface area contributed by atoms with E-state index in [0.29, 0.717) is 0 Å². The lowest BCUT2D eigenvalue weighted by atomic mass is 10.00. The molecule has 5 aromatic heterocycles. The van der Waals surface area contributed by atoms with Gasteiger partial charge < -0.3 is 22.4 Å². The molecule has 10 aromatic carbocycles. The van der Waals surface area contributed by atoms with Crippen LogP contribution in [-0.2, 0) is 0 Å². The molecule has 0 aliphatic rings. The molecule has 0 bridgehead atoms. The fourth-order valence-electron chi connectivity index (χ4n) is 10.7. The van der Waals surface area contributed by atoms with Gasteiger partial charge in [0.15, 0.2) is 0 Å². The minimum Gasteiger partial charge on any atom is -0.456 e. The Morgan fingerprint density at radius 2 is 0.585 bits per heavy atom. The third-order valence-electron chi connectivity index (χ3n) is 13.7. The van der Waals surface area contributed by atoms with E-state index in [1.165, 1.54) is 21.5 Å². The SMILES string of the molecule is c1ccc(-n2c3ccc(-c4ccc5c(c4)c4cc6c(cc4n5-c4ccc(-c5ccc7oc8ccccc8c7c5)cc4)oc4ccccc46)cc3c3cc4c(cc32)oc2ccccc24)cc1. The summed E-state index contributed by atoms with van der Waals surface area (Å²) in [7, 11) is 0. The number of furan rings is 3. The molecule has 0 saturated heterocycles. The number of nitrogens with zero attached hydrogens (tertiary/aromatic N) is 2. The van der Waals surface area contributed by atoms with E-state index in [4.69, 9.17) is 13.3 Å². The molecule has 0 atom stereocenters. The van der Waals surface area contributed by atoms with Crippen molar-refractivity contribution in [1.82, 2.24) is 9.13 Å². The lowest BCUT2D eigenvalue weighted by Crippen LogP contribution is -1.94. The summed E-state index contributed by atoms with van der Waals surface area (Å²) in [4.78, 5) is 0. The maximum atomic E-state index is 6.50. The van der Waals surface area contributed by atoms with Crippen LogP contribution in [0, 0.1) is 0 Å². The van der Waals surface area contributed by atoms with Gasteiger partial charge in [0.1, 0.15) is 33.5 Å². The Hall–Kier alpha value is -8.80. The smallest absolute Gasteiger partial charge is 0.137 e. The molecule has 0 saturated carbocycles. The predicted molar refractivity (Wildman–Crippen MR) is 268 cm³/mol. The van der Waals surface area contributed by atoms with E-state index in [0.717, 1.165) is 122 Å². The molecular formula is C60H34N2O3. The number of hydrogen-bond donors (Lipinski definition) is 0. The van der Waals surface area contributed by atoms with Gasteiger partial charge in [0.2, 0.25) is 0 Å². The van der Waals surface area contributed by atoms with E-state index >= 15 is 0 Å². The summed E-state index contributed by atoms with van der Waals surface area (Å²) < 4.78 is 23.8. The topological polar surface area (TPSA) is 49.3 Å². The molecule has 0 amide bonds. The van der Waals surface area contributed by atoms with Crippen LogP contribution in [0.25, 0.3) is 143 Å². The fraction of sp³-hybridized carbons (Fsp3) is 0. The van der Waals surface area contributed by atoms with E-state index in [1.54, 1.807) is 0 Å². The zero-order valence-corrected chi connectivity index (χ0v) is 34.7. The van der Waals surface area contributed by atoms with Gasteiger partial charge in [-0.25, -0.2) is 0 Å². The first-order chi connectivity index (χ1) is 32.2. The lowest BCUT2D eigenvalue weighted by Gasteiger charge is -2.10. The first-order valence-electron chi connectivity index (χ1n) is 22.1. The molecule has 0 spiro atoms. The van der Waals surface area contributed by atoms with Crippen molar-refractivity contribution in [3.05, 3.63) is 206 Å². The van der Waals surface area contributed by atoms with Crippen molar-refractivity contribution in [3.63, 3.8) is 0 Å². The Bertz CT molecular complexity index is 4460. The van der Waals surface area contributed by atoms with Crippen molar-refractivity contribution in [2.24, 2.45) is 0 Å². The Morgan fingerprint density at radius 1 is 0.215 bits per heavy atom. The largest absolute Gasteiger partial charge is 0.456 e. The molecule has 5 heteroatoms. The number of para-hydroxylation sites is 4. The number of hydrogen-bond acceptors (Lipinski definition) is 3. The summed E-state index contributed by atoms with van der Waals surface area (Å²) in [6.07, 6.45) is 0. The highest BCUT2D eigenvalue weighted by Gasteiger charge is 2.20. The van der Waals surface area contributed by atoms with E-state index in [2.05, 4.69) is 185 Å². The minimum atomic E-state index is 0.875. The van der Waals surface area contributed by atoms with Gasteiger partial charge in [-0.2, -0.15) is 0 Å². The zero-order valence-electron chi connectivity index (χ0n) is 34.7. The Balaban J connectivity index is 0.925. The highest BCUT2D eigenvalue weighted by atomic mass is 16.3. The van der Waals surface area contributed by atoms with Gasteiger partial charge >= 0.3 is 0 Å². The van der Waals surface area contributed by atoms with Crippen molar-refractivity contribution in [2.75, 3.05) is 0 Å². The molecule has 0 unspecified atom stereocenters. The van der Waals surface area contributed by atoms with E-state index in [-0.39, 0.29) is 0 Å². The Morgan fingerprint density at radius 3 is 1.12 bits per heavy atom. The average molecular weight is 831 g/mol. The van der Waals surface area contributed by atoms with Crippen molar-refractivity contribution < 1.29 is 13.3 Å². The normalized spacial score (nSPS) is 12.3. The summed E-state index contributed by atoms with van der Waals surface area (Å²) in [5.74, 6) is 0. The summed E-state index contributed by atoms with van der Waals surface area (Å²) in [6, 6.07) is 73.9. The van der Waals surface area contributed by atoms with Crippen LogP contribution in [0.2, 0.25) is 0 Å². The van der Waals surface area contributed by atoms with Gasteiger partial charge in [-0.3, -0.25) is 0 Å². The van der Waals surface area contributed by atoms with Crippen molar-refractivity contribution in [2.45, 2.75) is 0 Å². The van der Waals surface area contributed by atoms with Crippen molar-refractivity contribution >= 4 is 109 Å². The van der Waals surface area contributed by atoms with E-state index in [9.17, 15) is 0 Å². The number of fused-ring (bicyclic) bond motifs is 15. The highest BCUT2D eigenvalue weighted by molar-refractivity contribution is 6.20. The molecule has 5 heterocycles. The molecule has 0 aliphatic carbocycles. The fourth-order valence-corrected chi connectivity index (χ4v) is 10.7. The molecule has 0 radical (unpaired) electrons. The summed E-state index contributed by atoms with van der Waals surface area (Å²) in [6.45, 7) is 0. The lowest BCUT2D eigenvalue weighted by molar-refractivity contribution is 0.668. The second-order valence-corrected chi connectivity index (χ2v) is 17.3. The third-order valence-corrected chi connectivity index (χ3v) is 13.7. The van der Waals surface area contributed by atoms with Crippen LogP contribution >= 0.6 is 0 Å². The minimum absolute atomic E-state index is 0.875. The average Bonchev–Trinajstić information content (AvgIpc) is 4.17. The molecule has 0 N–H and O–H groups in total.